The van der Waals surface area contributed by atoms with Gasteiger partial charge in [-0.3, -0.25) is 0 Å². The third-order valence-electron chi connectivity index (χ3n) is 8.79. The third-order valence-corrected chi connectivity index (χ3v) is 8.79. The van der Waals surface area contributed by atoms with E-state index in [1.165, 1.54) is 206 Å². The van der Waals surface area contributed by atoms with Crippen molar-refractivity contribution in [3.8, 4) is 0 Å². The zero-order valence-corrected chi connectivity index (χ0v) is 27.3. The van der Waals surface area contributed by atoms with Gasteiger partial charge in [0.1, 0.15) is 12.4 Å². The molecule has 230 valence electrons. The average molecular weight is 546 g/mol. The zero-order chi connectivity index (χ0) is 27.9. The van der Waals surface area contributed by atoms with Crippen molar-refractivity contribution in [2.24, 2.45) is 0 Å². The van der Waals surface area contributed by atoms with E-state index in [0.29, 0.717) is 0 Å². The zero-order valence-electron chi connectivity index (χ0n) is 27.3. The van der Waals surface area contributed by atoms with Gasteiger partial charge in [-0.15, -0.1) is 0 Å². The highest BCUT2D eigenvalue weighted by molar-refractivity contribution is 4.66. The maximum Gasteiger partial charge on any atom is 0.243 e. The molecular weight excluding hydrogens is 472 g/mol. The van der Waals surface area contributed by atoms with Crippen molar-refractivity contribution in [1.29, 1.82) is 0 Å². The van der Waals surface area contributed by atoms with Crippen LogP contribution in [0.2, 0.25) is 0 Å². The molecule has 0 spiro atoms. The first-order valence-corrected chi connectivity index (χ1v) is 18.4. The molecule has 0 unspecified atom stereocenters. The Morgan fingerprint density at radius 1 is 0.385 bits per heavy atom. The quantitative estimate of drug-likeness (QED) is 0.0628. The second-order valence-corrected chi connectivity index (χ2v) is 12.8. The summed E-state index contributed by atoms with van der Waals surface area (Å²) in [5, 5.41) is 0. The van der Waals surface area contributed by atoms with Gasteiger partial charge >= 0.3 is 0 Å². The van der Waals surface area contributed by atoms with Crippen LogP contribution in [0.3, 0.4) is 0 Å². The van der Waals surface area contributed by atoms with E-state index >= 15 is 0 Å². The fourth-order valence-corrected chi connectivity index (χ4v) is 6.03. The van der Waals surface area contributed by atoms with Crippen LogP contribution in [0.1, 0.15) is 206 Å². The van der Waals surface area contributed by atoms with Gasteiger partial charge in [-0.1, -0.05) is 181 Å². The summed E-state index contributed by atoms with van der Waals surface area (Å²) in [5.74, 6) is 0. The fraction of sp³-hybridized carbons (Fsp3) is 0.919. The third kappa shape index (κ3) is 25.9. The molecule has 0 aromatic carbocycles. The van der Waals surface area contributed by atoms with Crippen molar-refractivity contribution in [3.05, 3.63) is 18.7 Å². The largest absolute Gasteiger partial charge is 0.243 e. The number of nitrogens with zero attached hydrogens (tertiary/aromatic N) is 2. The molecule has 39 heavy (non-hydrogen) atoms. The van der Waals surface area contributed by atoms with Gasteiger partial charge in [0.2, 0.25) is 6.33 Å². The van der Waals surface area contributed by atoms with Crippen LogP contribution in [0.5, 0.6) is 0 Å². The van der Waals surface area contributed by atoms with Crippen LogP contribution in [0.25, 0.3) is 0 Å². The summed E-state index contributed by atoms with van der Waals surface area (Å²) in [6.07, 6.45) is 50.2. The Hall–Kier alpha value is -0.790. The lowest BCUT2D eigenvalue weighted by Crippen LogP contribution is -2.30. The highest BCUT2D eigenvalue weighted by atomic mass is 15.1. The molecule has 0 saturated carbocycles. The number of hydrogen-bond acceptors (Lipinski definition) is 0. The molecule has 0 saturated heterocycles. The SMILES string of the molecule is CCCCCCCCCCCCCCCCCn1cc[n+](CCCCCCCCCCCCCCCCC)c1. The highest BCUT2D eigenvalue weighted by Gasteiger charge is 2.04. The van der Waals surface area contributed by atoms with Crippen molar-refractivity contribution in [1.82, 2.24) is 4.57 Å². The predicted molar refractivity (Wildman–Crippen MR) is 174 cm³/mol. The molecule has 0 bridgehead atoms. The van der Waals surface area contributed by atoms with Crippen LogP contribution < -0.4 is 4.57 Å². The van der Waals surface area contributed by atoms with Gasteiger partial charge in [-0.2, -0.15) is 0 Å². The van der Waals surface area contributed by atoms with E-state index < -0.39 is 0 Å². The van der Waals surface area contributed by atoms with E-state index in [0.717, 1.165) is 0 Å². The number of aromatic nitrogens is 2. The fourth-order valence-electron chi connectivity index (χ4n) is 6.03. The minimum absolute atomic E-state index is 1.20. The molecule has 0 N–H and O–H groups in total. The topological polar surface area (TPSA) is 8.81 Å². The van der Waals surface area contributed by atoms with E-state index in [1.54, 1.807) is 0 Å². The van der Waals surface area contributed by atoms with Crippen molar-refractivity contribution in [3.63, 3.8) is 0 Å². The summed E-state index contributed by atoms with van der Waals surface area (Å²) in [6.45, 7) is 7.01. The highest BCUT2D eigenvalue weighted by Crippen LogP contribution is 2.15. The van der Waals surface area contributed by atoms with E-state index in [-0.39, 0.29) is 0 Å². The first-order chi connectivity index (χ1) is 19.4. The van der Waals surface area contributed by atoms with Gasteiger partial charge in [0.15, 0.2) is 0 Å². The van der Waals surface area contributed by atoms with Crippen LogP contribution in [-0.4, -0.2) is 4.57 Å². The smallest absolute Gasteiger partial charge is 0.237 e. The van der Waals surface area contributed by atoms with Crippen molar-refractivity contribution in [2.75, 3.05) is 0 Å². The lowest BCUT2D eigenvalue weighted by atomic mass is 10.0. The standard InChI is InChI=1S/C37H73N2/c1-3-5-7-9-11-13-15-17-19-21-23-25-27-29-31-33-38-35-36-39(37-38)34-32-30-28-26-24-22-20-18-16-14-12-10-8-6-4-2/h35-37H,3-34H2,1-2H3/q+1. The second kappa shape index (κ2) is 30.2. The van der Waals surface area contributed by atoms with Crippen molar-refractivity contribution in [2.45, 2.75) is 220 Å². The molecule has 1 rings (SSSR count). The van der Waals surface area contributed by atoms with E-state index in [4.69, 9.17) is 0 Å². The molecule has 0 aliphatic rings. The molecule has 0 fully saturated rings. The lowest BCUT2D eigenvalue weighted by Gasteiger charge is -2.03. The summed E-state index contributed by atoms with van der Waals surface area (Å²) >= 11 is 0. The molecule has 1 heterocycles. The molecule has 2 nitrogen and oxygen atoms in total. The molecule has 0 amide bonds. The Balaban J connectivity index is 1.79. The van der Waals surface area contributed by atoms with Gasteiger partial charge in [-0.05, 0) is 25.7 Å². The second-order valence-electron chi connectivity index (χ2n) is 12.8. The average Bonchev–Trinajstić information content (AvgIpc) is 3.40. The summed E-state index contributed by atoms with van der Waals surface area (Å²) in [6, 6.07) is 0. The number of imidazole rings is 1. The van der Waals surface area contributed by atoms with Gasteiger partial charge in [0.05, 0.1) is 13.1 Å². The van der Waals surface area contributed by atoms with Crippen LogP contribution in [0.4, 0.5) is 0 Å². The number of hydrogen-bond donors (Lipinski definition) is 0. The molecule has 1 aromatic rings. The lowest BCUT2D eigenvalue weighted by molar-refractivity contribution is -0.696. The molecule has 0 atom stereocenters. The van der Waals surface area contributed by atoms with Gasteiger partial charge in [0.25, 0.3) is 0 Å². The first-order valence-electron chi connectivity index (χ1n) is 18.4. The minimum Gasteiger partial charge on any atom is -0.237 e. The van der Waals surface area contributed by atoms with Crippen LogP contribution in [0, 0.1) is 0 Å². The summed E-state index contributed by atoms with van der Waals surface area (Å²) < 4.78 is 4.82. The summed E-state index contributed by atoms with van der Waals surface area (Å²) in [4.78, 5) is 0. The van der Waals surface area contributed by atoms with E-state index in [9.17, 15) is 0 Å². The monoisotopic (exact) mass is 546 g/mol. The van der Waals surface area contributed by atoms with Gasteiger partial charge in [0, 0.05) is 0 Å². The van der Waals surface area contributed by atoms with Crippen LogP contribution in [0.15, 0.2) is 18.7 Å². The van der Waals surface area contributed by atoms with Crippen molar-refractivity contribution >= 4 is 0 Å². The number of unbranched alkanes of at least 4 members (excludes halogenated alkanes) is 28. The maximum atomic E-state index is 2.41. The normalized spacial score (nSPS) is 11.5. The number of rotatable bonds is 32. The Morgan fingerprint density at radius 3 is 1.05 bits per heavy atom. The van der Waals surface area contributed by atoms with Crippen molar-refractivity contribution < 1.29 is 4.57 Å². The molecular formula is C37H73N2+. The van der Waals surface area contributed by atoms with Gasteiger partial charge in [-0.25, -0.2) is 9.13 Å². The van der Waals surface area contributed by atoms with Crippen LogP contribution in [-0.2, 0) is 13.1 Å². The predicted octanol–water partition coefficient (Wildman–Crippen LogP) is 12.5. The maximum absolute atomic E-state index is 2.41. The molecule has 1 aromatic heterocycles. The molecule has 0 aliphatic carbocycles. The van der Waals surface area contributed by atoms with Gasteiger partial charge < -0.3 is 0 Å². The number of aryl methyl sites for hydroxylation is 2. The Labute approximate surface area is 247 Å². The Kier molecular flexibility index (Phi) is 28.0. The Bertz CT molecular complexity index is 529. The first kappa shape index (κ1) is 36.2. The summed E-state index contributed by atoms with van der Waals surface area (Å²) in [5.41, 5.74) is 0. The molecule has 0 aliphatic heterocycles. The van der Waals surface area contributed by atoms with E-state index in [2.05, 4.69) is 41.7 Å². The minimum atomic E-state index is 1.20. The Morgan fingerprint density at radius 2 is 0.692 bits per heavy atom. The van der Waals surface area contributed by atoms with Crippen LogP contribution >= 0.6 is 0 Å². The molecule has 2 heteroatoms. The van der Waals surface area contributed by atoms with E-state index in [1.807, 2.05) is 0 Å². The molecule has 0 radical (unpaired) electrons. The summed E-state index contributed by atoms with van der Waals surface area (Å²) in [7, 11) is 0.